The fourth-order valence-corrected chi connectivity index (χ4v) is 3.63. The summed E-state index contributed by atoms with van der Waals surface area (Å²) >= 11 is 0. The van der Waals surface area contributed by atoms with Crippen LogP contribution in [0.25, 0.3) is 0 Å². The molecule has 0 spiro atoms. The minimum atomic E-state index is -1.16. The quantitative estimate of drug-likeness (QED) is 0.751. The van der Waals surface area contributed by atoms with E-state index < -0.39 is 12.1 Å². The molecule has 3 rings (SSSR count). The number of aliphatic carboxylic acids is 1. The van der Waals surface area contributed by atoms with Gasteiger partial charge in [0.05, 0.1) is 0 Å². The van der Waals surface area contributed by atoms with Crippen molar-refractivity contribution in [3.05, 3.63) is 0 Å². The van der Waals surface area contributed by atoms with E-state index in [2.05, 4.69) is 13.8 Å². The second kappa shape index (κ2) is 3.48. The van der Waals surface area contributed by atoms with Crippen molar-refractivity contribution in [2.75, 3.05) is 0 Å². The molecule has 15 heavy (non-hydrogen) atoms. The van der Waals surface area contributed by atoms with E-state index in [4.69, 9.17) is 5.11 Å². The Balaban J connectivity index is 1.97. The van der Waals surface area contributed by atoms with Crippen LogP contribution in [-0.4, -0.2) is 22.3 Å². The first-order valence-electron chi connectivity index (χ1n) is 5.83. The monoisotopic (exact) mass is 212 g/mol. The van der Waals surface area contributed by atoms with Crippen molar-refractivity contribution in [2.45, 2.75) is 45.6 Å². The molecule has 4 unspecified atom stereocenters. The molecule has 3 aliphatic carbocycles. The summed E-state index contributed by atoms with van der Waals surface area (Å²) < 4.78 is 0. The van der Waals surface area contributed by atoms with Gasteiger partial charge in [-0.05, 0) is 48.9 Å². The maximum Gasteiger partial charge on any atom is 0.332 e. The molecule has 0 aromatic rings. The van der Waals surface area contributed by atoms with Crippen LogP contribution in [0.15, 0.2) is 0 Å². The first kappa shape index (κ1) is 10.9. The highest BCUT2D eigenvalue weighted by molar-refractivity contribution is 5.71. The van der Waals surface area contributed by atoms with Crippen LogP contribution >= 0.6 is 0 Å². The number of hydrogen-bond acceptors (Lipinski definition) is 2. The Hall–Kier alpha value is -0.570. The molecule has 2 N–H and O–H groups in total. The number of hydrogen-bond donors (Lipinski definition) is 2. The predicted molar refractivity (Wildman–Crippen MR) is 56.4 cm³/mol. The highest BCUT2D eigenvalue weighted by atomic mass is 16.4. The number of aliphatic hydroxyl groups excluding tert-OH is 1. The van der Waals surface area contributed by atoms with Gasteiger partial charge < -0.3 is 10.2 Å². The van der Waals surface area contributed by atoms with E-state index in [9.17, 15) is 9.90 Å². The Morgan fingerprint density at radius 2 is 2.13 bits per heavy atom. The Labute approximate surface area is 90.5 Å². The molecule has 3 nitrogen and oxygen atoms in total. The molecule has 0 radical (unpaired) electrons. The third-order valence-corrected chi connectivity index (χ3v) is 4.81. The summed E-state index contributed by atoms with van der Waals surface area (Å²) in [5.41, 5.74) is 0.376. The lowest BCUT2D eigenvalue weighted by molar-refractivity contribution is -0.152. The van der Waals surface area contributed by atoms with Crippen molar-refractivity contribution in [3.63, 3.8) is 0 Å². The molecule has 0 aromatic heterocycles. The van der Waals surface area contributed by atoms with Gasteiger partial charge in [-0.2, -0.15) is 0 Å². The lowest BCUT2D eigenvalue weighted by Gasteiger charge is -2.60. The summed E-state index contributed by atoms with van der Waals surface area (Å²) in [7, 11) is 0. The Bertz CT molecular complexity index is 270. The smallest absolute Gasteiger partial charge is 0.332 e. The van der Waals surface area contributed by atoms with E-state index in [-0.39, 0.29) is 0 Å². The first-order chi connectivity index (χ1) is 6.93. The highest BCUT2D eigenvalue weighted by Crippen LogP contribution is 2.62. The summed E-state index contributed by atoms with van der Waals surface area (Å²) in [4.78, 5) is 10.6. The largest absolute Gasteiger partial charge is 0.479 e. The molecule has 4 atom stereocenters. The minimum absolute atomic E-state index is 0.376. The summed E-state index contributed by atoms with van der Waals surface area (Å²) in [6.07, 6.45) is 2.83. The van der Waals surface area contributed by atoms with Crippen LogP contribution in [0.3, 0.4) is 0 Å². The van der Waals surface area contributed by atoms with Crippen LogP contribution in [0.2, 0.25) is 0 Å². The van der Waals surface area contributed by atoms with Gasteiger partial charge in [-0.15, -0.1) is 0 Å². The number of carboxylic acids is 1. The SMILES string of the molecule is CC1(C)C2CCC(CC(O)C(=O)O)C1C2. The van der Waals surface area contributed by atoms with Gasteiger partial charge in [0.2, 0.25) is 0 Å². The van der Waals surface area contributed by atoms with Crippen LogP contribution in [0.5, 0.6) is 0 Å². The van der Waals surface area contributed by atoms with Crippen LogP contribution in [0.4, 0.5) is 0 Å². The van der Waals surface area contributed by atoms with Crippen LogP contribution in [-0.2, 0) is 4.79 Å². The van der Waals surface area contributed by atoms with Crippen molar-refractivity contribution in [1.82, 2.24) is 0 Å². The molecule has 0 amide bonds. The number of carboxylic acid groups (broad SMARTS) is 1. The Morgan fingerprint density at radius 1 is 1.47 bits per heavy atom. The average molecular weight is 212 g/mol. The third-order valence-electron chi connectivity index (χ3n) is 4.81. The van der Waals surface area contributed by atoms with E-state index >= 15 is 0 Å². The lowest BCUT2D eigenvalue weighted by Crippen LogP contribution is -2.53. The van der Waals surface area contributed by atoms with Gasteiger partial charge in [0, 0.05) is 0 Å². The second-order valence-electron chi connectivity index (χ2n) is 5.79. The molecule has 0 aliphatic heterocycles. The van der Waals surface area contributed by atoms with Crippen molar-refractivity contribution >= 4 is 5.97 Å². The van der Waals surface area contributed by atoms with Crippen molar-refractivity contribution in [3.8, 4) is 0 Å². The van der Waals surface area contributed by atoms with Gasteiger partial charge in [0.15, 0.2) is 6.10 Å². The van der Waals surface area contributed by atoms with Gasteiger partial charge in [0.1, 0.15) is 0 Å². The fraction of sp³-hybridized carbons (Fsp3) is 0.917. The van der Waals surface area contributed by atoms with E-state index in [0.717, 1.165) is 12.3 Å². The van der Waals surface area contributed by atoms with E-state index in [1.54, 1.807) is 0 Å². The second-order valence-corrected chi connectivity index (χ2v) is 5.79. The molecule has 3 saturated carbocycles. The van der Waals surface area contributed by atoms with Gasteiger partial charge in [-0.25, -0.2) is 4.79 Å². The van der Waals surface area contributed by atoms with Gasteiger partial charge in [0.25, 0.3) is 0 Å². The van der Waals surface area contributed by atoms with E-state index in [1.165, 1.54) is 12.8 Å². The molecular formula is C12H20O3. The summed E-state index contributed by atoms with van der Waals surface area (Å²) in [5, 5.41) is 18.1. The summed E-state index contributed by atoms with van der Waals surface area (Å²) in [6.45, 7) is 4.57. The predicted octanol–water partition coefficient (Wildman–Crippen LogP) is 1.89. The molecule has 3 fully saturated rings. The van der Waals surface area contributed by atoms with E-state index in [1.807, 2.05) is 0 Å². The van der Waals surface area contributed by atoms with Crippen LogP contribution < -0.4 is 0 Å². The fourth-order valence-electron chi connectivity index (χ4n) is 3.63. The third kappa shape index (κ3) is 1.67. The van der Waals surface area contributed by atoms with Gasteiger partial charge in [-0.1, -0.05) is 13.8 Å². The Kier molecular flexibility index (Phi) is 2.53. The highest BCUT2D eigenvalue weighted by Gasteiger charge is 2.54. The number of fused-ring (bicyclic) bond motifs is 2. The van der Waals surface area contributed by atoms with E-state index in [0.29, 0.717) is 23.7 Å². The molecule has 0 heterocycles. The Morgan fingerprint density at radius 3 is 2.60 bits per heavy atom. The molecule has 3 heteroatoms. The minimum Gasteiger partial charge on any atom is -0.479 e. The van der Waals surface area contributed by atoms with Crippen molar-refractivity contribution in [2.24, 2.45) is 23.2 Å². The topological polar surface area (TPSA) is 57.5 Å². The number of rotatable bonds is 3. The standard InChI is InChI=1S/C12H20O3/c1-12(2)8-4-3-7(9(12)6-8)5-10(13)11(14)15/h7-10,13H,3-6H2,1-2H3,(H,14,15). The normalized spacial score (nSPS) is 39.3. The summed E-state index contributed by atoms with van der Waals surface area (Å²) in [5.74, 6) is 0.802. The first-order valence-corrected chi connectivity index (χ1v) is 5.83. The maximum absolute atomic E-state index is 10.6. The maximum atomic E-state index is 10.6. The lowest BCUT2D eigenvalue weighted by atomic mass is 9.45. The zero-order chi connectivity index (χ0) is 11.2. The van der Waals surface area contributed by atoms with Crippen LogP contribution in [0.1, 0.15) is 39.5 Å². The van der Waals surface area contributed by atoms with Gasteiger partial charge >= 0.3 is 5.97 Å². The van der Waals surface area contributed by atoms with Gasteiger partial charge in [-0.3, -0.25) is 0 Å². The van der Waals surface area contributed by atoms with Crippen LogP contribution in [0, 0.1) is 23.2 Å². The molecule has 3 aliphatic rings. The molecule has 0 saturated heterocycles. The van der Waals surface area contributed by atoms with Crippen molar-refractivity contribution < 1.29 is 15.0 Å². The number of aliphatic hydroxyl groups is 1. The molecule has 86 valence electrons. The number of carbonyl (C=O) groups is 1. The zero-order valence-corrected chi connectivity index (χ0v) is 9.44. The average Bonchev–Trinajstić information content (AvgIpc) is 2.17. The molecule has 2 bridgehead atoms. The zero-order valence-electron chi connectivity index (χ0n) is 9.44. The molecular weight excluding hydrogens is 192 g/mol. The van der Waals surface area contributed by atoms with Crippen molar-refractivity contribution in [1.29, 1.82) is 0 Å². The molecule has 0 aromatic carbocycles. The summed E-state index contributed by atoms with van der Waals surface area (Å²) in [6, 6.07) is 0.